The van der Waals surface area contributed by atoms with Crippen LogP contribution in [0.5, 0.6) is 0 Å². The van der Waals surface area contributed by atoms with E-state index in [9.17, 15) is 14.7 Å². The van der Waals surface area contributed by atoms with Gasteiger partial charge in [0, 0.05) is 12.8 Å². The molecule has 0 aromatic carbocycles. The Balaban J connectivity index is 3.39. The van der Waals surface area contributed by atoms with Crippen molar-refractivity contribution in [1.29, 1.82) is 0 Å². The van der Waals surface area contributed by atoms with Crippen LogP contribution in [-0.2, 0) is 19.1 Å². The van der Waals surface area contributed by atoms with Crippen LogP contribution in [-0.4, -0.2) is 36.4 Å². The maximum atomic E-state index is 11.9. The Hall–Kier alpha value is -1.10. The highest BCUT2D eigenvalue weighted by atomic mass is 16.6. The summed E-state index contributed by atoms with van der Waals surface area (Å²) < 4.78 is 10.3. The first-order valence-corrected chi connectivity index (χ1v) is 18.8. The maximum absolute atomic E-state index is 11.9. The SMILES string of the molecule is CCC(C)CCCCCCCCCCCCCCCCC(=O)OC[C@H](O)COC(=O)CCCCCCCCCCC(C)C. The summed E-state index contributed by atoms with van der Waals surface area (Å²) in [6, 6.07) is 0. The van der Waals surface area contributed by atoms with Gasteiger partial charge >= 0.3 is 11.9 Å². The van der Waals surface area contributed by atoms with Crippen LogP contribution >= 0.6 is 0 Å². The first-order chi connectivity index (χ1) is 20.8. The van der Waals surface area contributed by atoms with Gasteiger partial charge in [0.15, 0.2) is 0 Å². The Bertz CT molecular complexity index is 605. The Morgan fingerprint density at radius 2 is 0.791 bits per heavy atom. The molecule has 0 fully saturated rings. The quantitative estimate of drug-likeness (QED) is 0.0591. The lowest BCUT2D eigenvalue weighted by atomic mass is 9.99. The third-order valence-electron chi connectivity index (χ3n) is 8.81. The zero-order valence-electron chi connectivity index (χ0n) is 29.3. The molecule has 5 heteroatoms. The first-order valence-electron chi connectivity index (χ1n) is 18.8. The second kappa shape index (κ2) is 32.3. The van der Waals surface area contributed by atoms with E-state index in [1.807, 2.05) is 0 Å². The van der Waals surface area contributed by atoms with Crippen molar-refractivity contribution in [2.24, 2.45) is 11.8 Å². The number of aliphatic hydroxyl groups is 1. The van der Waals surface area contributed by atoms with E-state index in [1.165, 1.54) is 128 Å². The molecular weight excluding hydrogens is 536 g/mol. The van der Waals surface area contributed by atoms with Crippen molar-refractivity contribution in [3.05, 3.63) is 0 Å². The minimum Gasteiger partial charge on any atom is -0.463 e. The lowest BCUT2D eigenvalue weighted by Gasteiger charge is -2.12. The van der Waals surface area contributed by atoms with E-state index >= 15 is 0 Å². The predicted molar refractivity (Wildman–Crippen MR) is 182 cm³/mol. The van der Waals surface area contributed by atoms with E-state index < -0.39 is 6.10 Å². The number of carbonyl (C=O) groups is 2. The van der Waals surface area contributed by atoms with Crippen LogP contribution in [0.15, 0.2) is 0 Å². The van der Waals surface area contributed by atoms with Crippen molar-refractivity contribution in [3.8, 4) is 0 Å². The van der Waals surface area contributed by atoms with Crippen LogP contribution in [0.3, 0.4) is 0 Å². The standard InChI is InChI=1S/C38H74O5/c1-5-35(4)29-25-21-17-12-10-8-6-7-9-11-13-18-22-26-30-37(40)42-32-36(39)33-43-38(41)31-27-23-19-15-14-16-20-24-28-34(2)3/h34-36,39H,5-33H2,1-4H3/t35?,36-/m0/s1. The monoisotopic (exact) mass is 611 g/mol. The van der Waals surface area contributed by atoms with Gasteiger partial charge in [-0.05, 0) is 24.7 Å². The van der Waals surface area contributed by atoms with Crippen LogP contribution in [0.2, 0.25) is 0 Å². The van der Waals surface area contributed by atoms with Gasteiger partial charge in [-0.15, -0.1) is 0 Å². The highest BCUT2D eigenvalue weighted by Crippen LogP contribution is 2.16. The van der Waals surface area contributed by atoms with Crippen molar-refractivity contribution < 1.29 is 24.2 Å². The molecule has 256 valence electrons. The van der Waals surface area contributed by atoms with E-state index in [0.29, 0.717) is 12.8 Å². The number of rotatable bonds is 33. The molecule has 0 spiro atoms. The maximum Gasteiger partial charge on any atom is 0.305 e. The summed E-state index contributed by atoms with van der Waals surface area (Å²) in [4.78, 5) is 23.8. The van der Waals surface area contributed by atoms with Crippen LogP contribution in [0.1, 0.15) is 201 Å². The summed E-state index contributed by atoms with van der Waals surface area (Å²) in [6.45, 7) is 9.01. The molecule has 0 aromatic rings. The van der Waals surface area contributed by atoms with Gasteiger partial charge in [-0.3, -0.25) is 9.59 Å². The molecule has 0 aliphatic carbocycles. The lowest BCUT2D eigenvalue weighted by Crippen LogP contribution is -2.25. The van der Waals surface area contributed by atoms with E-state index in [-0.39, 0.29) is 25.2 Å². The van der Waals surface area contributed by atoms with Gasteiger partial charge in [0.05, 0.1) is 0 Å². The minimum absolute atomic E-state index is 0.110. The topological polar surface area (TPSA) is 72.8 Å². The third kappa shape index (κ3) is 33.6. The number of carbonyl (C=O) groups excluding carboxylic acids is 2. The molecule has 0 aromatic heterocycles. The number of ether oxygens (including phenoxy) is 2. The molecule has 0 saturated heterocycles. The van der Waals surface area contributed by atoms with Gasteiger partial charge < -0.3 is 14.6 Å². The summed E-state index contributed by atoms with van der Waals surface area (Å²) in [5.41, 5.74) is 0. The number of esters is 2. The molecule has 0 rings (SSSR count). The van der Waals surface area contributed by atoms with E-state index in [2.05, 4.69) is 27.7 Å². The average Bonchev–Trinajstić information content (AvgIpc) is 2.99. The molecule has 2 atom stereocenters. The lowest BCUT2D eigenvalue weighted by molar-refractivity contribution is -0.152. The summed E-state index contributed by atoms with van der Waals surface area (Å²) in [7, 11) is 0. The van der Waals surface area contributed by atoms with E-state index in [0.717, 1.165) is 43.9 Å². The predicted octanol–water partition coefficient (Wildman–Crippen LogP) is 11.3. The molecule has 0 amide bonds. The third-order valence-corrected chi connectivity index (χ3v) is 8.81. The second-order valence-electron chi connectivity index (χ2n) is 13.8. The highest BCUT2D eigenvalue weighted by molar-refractivity contribution is 5.69. The zero-order chi connectivity index (χ0) is 31.8. The molecule has 1 unspecified atom stereocenters. The normalized spacial score (nSPS) is 12.9. The molecular formula is C38H74O5. The molecule has 0 aliphatic heterocycles. The highest BCUT2D eigenvalue weighted by Gasteiger charge is 2.12. The molecule has 0 heterocycles. The fourth-order valence-electron chi connectivity index (χ4n) is 5.54. The second-order valence-corrected chi connectivity index (χ2v) is 13.8. The molecule has 0 bridgehead atoms. The van der Waals surface area contributed by atoms with Crippen LogP contribution < -0.4 is 0 Å². The Morgan fingerprint density at radius 1 is 0.488 bits per heavy atom. The molecule has 0 aliphatic rings. The zero-order valence-corrected chi connectivity index (χ0v) is 29.3. The summed E-state index contributed by atoms with van der Waals surface area (Å²) >= 11 is 0. The van der Waals surface area contributed by atoms with Crippen LogP contribution in [0.25, 0.3) is 0 Å². The van der Waals surface area contributed by atoms with Crippen molar-refractivity contribution in [2.45, 2.75) is 207 Å². The Morgan fingerprint density at radius 3 is 1.12 bits per heavy atom. The minimum atomic E-state index is -0.955. The summed E-state index contributed by atoms with van der Waals surface area (Å²) in [5, 5.41) is 9.98. The van der Waals surface area contributed by atoms with Crippen molar-refractivity contribution in [1.82, 2.24) is 0 Å². The van der Waals surface area contributed by atoms with Crippen LogP contribution in [0.4, 0.5) is 0 Å². The van der Waals surface area contributed by atoms with Gasteiger partial charge in [-0.1, -0.05) is 175 Å². The van der Waals surface area contributed by atoms with Crippen molar-refractivity contribution in [2.75, 3.05) is 13.2 Å². The van der Waals surface area contributed by atoms with Gasteiger partial charge in [0.1, 0.15) is 19.3 Å². The number of hydrogen-bond acceptors (Lipinski definition) is 5. The fourth-order valence-corrected chi connectivity index (χ4v) is 5.54. The molecule has 43 heavy (non-hydrogen) atoms. The van der Waals surface area contributed by atoms with Gasteiger partial charge in [-0.25, -0.2) is 0 Å². The van der Waals surface area contributed by atoms with Gasteiger partial charge in [-0.2, -0.15) is 0 Å². The van der Waals surface area contributed by atoms with Crippen LogP contribution in [0, 0.1) is 11.8 Å². The largest absolute Gasteiger partial charge is 0.463 e. The molecule has 0 saturated carbocycles. The van der Waals surface area contributed by atoms with Gasteiger partial charge in [0.25, 0.3) is 0 Å². The van der Waals surface area contributed by atoms with Gasteiger partial charge in [0.2, 0.25) is 0 Å². The smallest absolute Gasteiger partial charge is 0.305 e. The first kappa shape index (κ1) is 41.9. The Kier molecular flexibility index (Phi) is 31.5. The molecule has 0 radical (unpaired) electrons. The number of aliphatic hydroxyl groups excluding tert-OH is 1. The molecule has 5 nitrogen and oxygen atoms in total. The number of unbranched alkanes of at least 4 members (excludes halogenated alkanes) is 20. The Labute approximate surface area is 268 Å². The van der Waals surface area contributed by atoms with Crippen molar-refractivity contribution in [3.63, 3.8) is 0 Å². The molecule has 1 N–H and O–H groups in total. The van der Waals surface area contributed by atoms with Crippen molar-refractivity contribution >= 4 is 11.9 Å². The number of hydrogen-bond donors (Lipinski definition) is 1. The van der Waals surface area contributed by atoms with E-state index in [1.54, 1.807) is 0 Å². The average molecular weight is 611 g/mol. The van der Waals surface area contributed by atoms with E-state index in [4.69, 9.17) is 9.47 Å². The fraction of sp³-hybridized carbons (Fsp3) is 0.947. The summed E-state index contributed by atoms with van der Waals surface area (Å²) in [6.07, 6.45) is 31.5. The summed E-state index contributed by atoms with van der Waals surface area (Å²) in [5.74, 6) is 1.15.